The molecule has 20 heavy (non-hydrogen) atoms. The molecule has 2 rings (SSSR count). The summed E-state index contributed by atoms with van der Waals surface area (Å²) in [6.07, 6.45) is -0.287. The predicted molar refractivity (Wildman–Crippen MR) is 85.1 cm³/mol. The summed E-state index contributed by atoms with van der Waals surface area (Å²) in [6.45, 7) is 2.36. The SMILES string of the molecule is Cc1ccc(C(CN)Oc2cc(Cl)c(Cl)cc2Cl)cc1. The van der Waals surface area contributed by atoms with E-state index in [1.54, 1.807) is 12.1 Å². The summed E-state index contributed by atoms with van der Waals surface area (Å²) in [5.74, 6) is 0.470. The molecule has 0 amide bonds. The van der Waals surface area contributed by atoms with E-state index >= 15 is 0 Å². The van der Waals surface area contributed by atoms with Gasteiger partial charge in [0, 0.05) is 12.6 Å². The predicted octanol–water partition coefficient (Wildman–Crippen LogP) is 5.03. The Balaban J connectivity index is 2.26. The highest BCUT2D eigenvalue weighted by Crippen LogP contribution is 2.36. The minimum atomic E-state index is -0.287. The standard InChI is InChI=1S/C15H14Cl3NO/c1-9-2-4-10(5-3-9)15(8-19)20-14-7-12(17)11(16)6-13(14)18/h2-7,15H,8,19H2,1H3. The maximum Gasteiger partial charge on any atom is 0.140 e. The number of hydrogen-bond donors (Lipinski definition) is 1. The maximum absolute atomic E-state index is 6.11. The van der Waals surface area contributed by atoms with Crippen molar-refractivity contribution >= 4 is 34.8 Å². The lowest BCUT2D eigenvalue weighted by Crippen LogP contribution is -2.18. The lowest BCUT2D eigenvalue weighted by molar-refractivity contribution is 0.214. The van der Waals surface area contributed by atoms with Gasteiger partial charge in [0.15, 0.2) is 0 Å². The molecule has 2 aromatic rings. The van der Waals surface area contributed by atoms with E-state index in [4.69, 9.17) is 45.3 Å². The highest BCUT2D eigenvalue weighted by molar-refractivity contribution is 6.43. The Morgan fingerprint density at radius 1 is 1.00 bits per heavy atom. The van der Waals surface area contributed by atoms with Crippen LogP contribution in [0.4, 0.5) is 0 Å². The van der Waals surface area contributed by atoms with Crippen molar-refractivity contribution < 1.29 is 4.74 Å². The largest absolute Gasteiger partial charge is 0.483 e. The van der Waals surface area contributed by atoms with Gasteiger partial charge in [-0.2, -0.15) is 0 Å². The molecular weight excluding hydrogens is 317 g/mol. The molecule has 1 unspecified atom stereocenters. The minimum absolute atomic E-state index is 0.287. The fourth-order valence-electron chi connectivity index (χ4n) is 1.78. The van der Waals surface area contributed by atoms with Crippen molar-refractivity contribution in [2.75, 3.05) is 6.54 Å². The Hall–Kier alpha value is -0.930. The lowest BCUT2D eigenvalue weighted by atomic mass is 10.1. The van der Waals surface area contributed by atoms with Crippen LogP contribution in [-0.4, -0.2) is 6.54 Å². The van der Waals surface area contributed by atoms with Gasteiger partial charge in [-0.15, -0.1) is 0 Å². The quantitative estimate of drug-likeness (QED) is 0.798. The number of nitrogens with two attached hydrogens (primary N) is 1. The average molecular weight is 331 g/mol. The first-order chi connectivity index (χ1) is 9.51. The summed E-state index contributed by atoms with van der Waals surface area (Å²) >= 11 is 18.0. The van der Waals surface area contributed by atoms with Gasteiger partial charge in [-0.05, 0) is 18.6 Å². The van der Waals surface area contributed by atoms with Crippen LogP contribution >= 0.6 is 34.8 Å². The van der Waals surface area contributed by atoms with Crippen LogP contribution in [0.2, 0.25) is 15.1 Å². The summed E-state index contributed by atoms with van der Waals surface area (Å²) in [7, 11) is 0. The monoisotopic (exact) mass is 329 g/mol. The summed E-state index contributed by atoms with van der Waals surface area (Å²) in [5, 5.41) is 1.19. The molecule has 0 aliphatic rings. The van der Waals surface area contributed by atoms with Crippen LogP contribution in [0.1, 0.15) is 17.2 Å². The summed E-state index contributed by atoms with van der Waals surface area (Å²) in [4.78, 5) is 0. The molecule has 0 heterocycles. The van der Waals surface area contributed by atoms with E-state index in [1.807, 2.05) is 31.2 Å². The molecule has 0 radical (unpaired) electrons. The molecule has 0 aliphatic heterocycles. The zero-order valence-electron chi connectivity index (χ0n) is 10.9. The van der Waals surface area contributed by atoms with Gasteiger partial charge in [-0.25, -0.2) is 0 Å². The molecule has 106 valence electrons. The first-order valence-corrected chi connectivity index (χ1v) is 7.22. The van der Waals surface area contributed by atoms with Crippen LogP contribution in [0.5, 0.6) is 5.75 Å². The van der Waals surface area contributed by atoms with Crippen molar-refractivity contribution in [1.29, 1.82) is 0 Å². The molecular formula is C15H14Cl3NO. The van der Waals surface area contributed by atoms with Crippen LogP contribution in [-0.2, 0) is 0 Å². The third-order valence-corrected chi connectivity index (χ3v) is 3.92. The molecule has 0 spiro atoms. The average Bonchev–Trinajstić information content (AvgIpc) is 2.42. The second-order valence-electron chi connectivity index (χ2n) is 4.45. The molecule has 0 saturated carbocycles. The molecule has 0 bridgehead atoms. The zero-order valence-corrected chi connectivity index (χ0v) is 13.1. The van der Waals surface area contributed by atoms with Crippen molar-refractivity contribution in [3.63, 3.8) is 0 Å². The van der Waals surface area contributed by atoms with E-state index in [-0.39, 0.29) is 6.10 Å². The van der Waals surface area contributed by atoms with Crippen molar-refractivity contribution in [3.8, 4) is 5.75 Å². The van der Waals surface area contributed by atoms with Gasteiger partial charge in [0.25, 0.3) is 0 Å². The first kappa shape index (κ1) is 15.5. The van der Waals surface area contributed by atoms with Crippen LogP contribution in [0.3, 0.4) is 0 Å². The van der Waals surface area contributed by atoms with Crippen LogP contribution < -0.4 is 10.5 Å². The zero-order chi connectivity index (χ0) is 14.7. The van der Waals surface area contributed by atoms with Crippen LogP contribution in [0.25, 0.3) is 0 Å². The summed E-state index contributed by atoms with van der Waals surface area (Å²) < 4.78 is 5.86. The molecule has 2 aromatic carbocycles. The molecule has 5 heteroatoms. The second kappa shape index (κ2) is 6.68. The van der Waals surface area contributed by atoms with E-state index in [0.29, 0.717) is 27.4 Å². The van der Waals surface area contributed by atoms with Gasteiger partial charge >= 0.3 is 0 Å². The molecule has 2 N–H and O–H groups in total. The molecule has 1 atom stereocenters. The van der Waals surface area contributed by atoms with Crippen LogP contribution in [0, 0.1) is 6.92 Å². The van der Waals surface area contributed by atoms with Gasteiger partial charge in [0.05, 0.1) is 15.1 Å². The molecule has 0 saturated heterocycles. The molecule has 0 fully saturated rings. The van der Waals surface area contributed by atoms with Gasteiger partial charge in [-0.1, -0.05) is 64.6 Å². The Morgan fingerprint density at radius 2 is 1.60 bits per heavy atom. The molecule has 0 aromatic heterocycles. The van der Waals surface area contributed by atoms with E-state index in [9.17, 15) is 0 Å². The summed E-state index contributed by atoms with van der Waals surface area (Å²) in [5.41, 5.74) is 7.95. The Morgan fingerprint density at radius 3 is 2.20 bits per heavy atom. The smallest absolute Gasteiger partial charge is 0.140 e. The van der Waals surface area contributed by atoms with Gasteiger partial charge in [-0.3, -0.25) is 0 Å². The second-order valence-corrected chi connectivity index (χ2v) is 5.67. The highest BCUT2D eigenvalue weighted by Gasteiger charge is 2.15. The Labute approximate surface area is 133 Å². The highest BCUT2D eigenvalue weighted by atomic mass is 35.5. The van der Waals surface area contributed by atoms with E-state index in [2.05, 4.69) is 0 Å². The summed E-state index contributed by atoms with van der Waals surface area (Å²) in [6, 6.07) is 11.2. The number of hydrogen-bond acceptors (Lipinski definition) is 2. The van der Waals surface area contributed by atoms with Gasteiger partial charge in [0.2, 0.25) is 0 Å². The number of halogens is 3. The fraction of sp³-hybridized carbons (Fsp3) is 0.200. The minimum Gasteiger partial charge on any atom is -0.483 e. The van der Waals surface area contributed by atoms with Crippen molar-refractivity contribution in [1.82, 2.24) is 0 Å². The molecule has 0 aliphatic carbocycles. The number of benzene rings is 2. The van der Waals surface area contributed by atoms with E-state index in [0.717, 1.165) is 5.56 Å². The Bertz CT molecular complexity index is 599. The van der Waals surface area contributed by atoms with Crippen LogP contribution in [0.15, 0.2) is 36.4 Å². The van der Waals surface area contributed by atoms with Crippen molar-refractivity contribution in [2.24, 2.45) is 5.73 Å². The van der Waals surface area contributed by atoms with Gasteiger partial charge < -0.3 is 10.5 Å². The Kier molecular flexibility index (Phi) is 5.17. The number of ether oxygens (including phenoxy) is 1. The first-order valence-electron chi connectivity index (χ1n) is 6.09. The number of aryl methyl sites for hydroxylation is 1. The van der Waals surface area contributed by atoms with E-state index in [1.165, 1.54) is 5.56 Å². The molecule has 2 nitrogen and oxygen atoms in total. The lowest BCUT2D eigenvalue weighted by Gasteiger charge is -2.19. The van der Waals surface area contributed by atoms with Crippen molar-refractivity contribution in [2.45, 2.75) is 13.0 Å². The third-order valence-electron chi connectivity index (χ3n) is 2.91. The fourth-order valence-corrected chi connectivity index (χ4v) is 2.36. The normalized spacial score (nSPS) is 12.2. The van der Waals surface area contributed by atoms with E-state index < -0.39 is 0 Å². The topological polar surface area (TPSA) is 35.2 Å². The maximum atomic E-state index is 6.11. The van der Waals surface area contributed by atoms with Gasteiger partial charge in [0.1, 0.15) is 11.9 Å². The van der Waals surface area contributed by atoms with Crippen molar-refractivity contribution in [3.05, 3.63) is 62.6 Å². The third kappa shape index (κ3) is 3.58. The number of rotatable bonds is 4.